The smallest absolute Gasteiger partial charge is 0.313 e. The zero-order chi connectivity index (χ0) is 32.7. The summed E-state index contributed by atoms with van der Waals surface area (Å²) in [4.78, 5) is 63.8. The van der Waals surface area contributed by atoms with E-state index >= 15 is 0 Å². The Morgan fingerprint density at radius 3 is 2.20 bits per heavy atom. The first-order valence-corrected chi connectivity index (χ1v) is 13.6. The Morgan fingerprint density at radius 2 is 1.61 bits per heavy atom. The van der Waals surface area contributed by atoms with Crippen molar-refractivity contribution in [2.24, 2.45) is 11.8 Å². The molecule has 3 atom stereocenters. The molecule has 1 saturated heterocycles. The average molecular weight is 627 g/mol. The van der Waals surface area contributed by atoms with E-state index in [0.717, 1.165) is 12.1 Å². The second-order valence-electron chi connectivity index (χ2n) is 10.7. The molecule has 2 aromatic rings. The number of ketones is 1. The average Bonchev–Trinajstić information content (AvgIpc) is 3.36. The molecule has 0 saturated carbocycles. The van der Waals surface area contributed by atoms with Gasteiger partial charge in [0.05, 0.1) is 6.04 Å². The standard InChI is InChI=1S/C29H31F5N4O6/c1-13(2)8-21(38-29(43)28(42)36-19-10-16(30)5-4-14(19)3)27(41)37-20(9-15-6-7-35-26(15)40)22(39)12-44-25-23(33)17(31)11-18(32)24(25)34/h4-5,10-11,13,15,20-21H,6-9,12H2,1-3H3,(H,35,40)(H,36,42)(H,37,41)(H,38,43)/t15-,20-,21-/m0/s1. The Balaban J connectivity index is 1.77. The highest BCUT2D eigenvalue weighted by atomic mass is 19.2. The number of ether oxygens (including phenoxy) is 1. The van der Waals surface area contributed by atoms with Gasteiger partial charge in [0.15, 0.2) is 23.2 Å². The van der Waals surface area contributed by atoms with Gasteiger partial charge in [0, 0.05) is 24.2 Å². The molecule has 0 unspecified atom stereocenters. The van der Waals surface area contributed by atoms with Crippen molar-refractivity contribution in [3.05, 3.63) is 58.9 Å². The molecule has 238 valence electrons. The van der Waals surface area contributed by atoms with Crippen molar-refractivity contribution in [2.45, 2.75) is 52.1 Å². The summed E-state index contributed by atoms with van der Waals surface area (Å²) < 4.78 is 73.6. The maximum atomic E-state index is 14.0. The first-order chi connectivity index (χ1) is 20.7. The topological polar surface area (TPSA) is 143 Å². The van der Waals surface area contributed by atoms with Crippen molar-refractivity contribution in [1.82, 2.24) is 16.0 Å². The van der Waals surface area contributed by atoms with Gasteiger partial charge in [-0.3, -0.25) is 24.0 Å². The van der Waals surface area contributed by atoms with Crippen LogP contribution in [0.2, 0.25) is 0 Å². The largest absolute Gasteiger partial charge is 0.479 e. The van der Waals surface area contributed by atoms with Crippen molar-refractivity contribution in [2.75, 3.05) is 18.5 Å². The molecule has 4 N–H and O–H groups in total. The monoisotopic (exact) mass is 626 g/mol. The Labute approximate surface area is 249 Å². The summed E-state index contributed by atoms with van der Waals surface area (Å²) in [6.45, 7) is 4.14. The van der Waals surface area contributed by atoms with E-state index in [9.17, 15) is 45.9 Å². The third-order valence-electron chi connectivity index (χ3n) is 6.80. The van der Waals surface area contributed by atoms with E-state index in [1.807, 2.05) is 0 Å². The van der Waals surface area contributed by atoms with Crippen molar-refractivity contribution in [3.63, 3.8) is 0 Å². The predicted molar refractivity (Wildman–Crippen MR) is 146 cm³/mol. The summed E-state index contributed by atoms with van der Waals surface area (Å²) in [5.74, 6) is -15.2. The van der Waals surface area contributed by atoms with Crippen LogP contribution in [0.4, 0.5) is 27.6 Å². The summed E-state index contributed by atoms with van der Waals surface area (Å²) in [6.07, 6.45) is 0.0115. The third-order valence-corrected chi connectivity index (χ3v) is 6.80. The second kappa shape index (κ2) is 14.8. The van der Waals surface area contributed by atoms with Gasteiger partial charge >= 0.3 is 11.8 Å². The number of benzene rings is 2. The summed E-state index contributed by atoms with van der Waals surface area (Å²) in [7, 11) is 0. The van der Waals surface area contributed by atoms with Crippen LogP contribution in [0.5, 0.6) is 5.75 Å². The molecule has 44 heavy (non-hydrogen) atoms. The van der Waals surface area contributed by atoms with E-state index in [2.05, 4.69) is 21.3 Å². The van der Waals surface area contributed by atoms with Gasteiger partial charge in [-0.05, 0) is 49.8 Å². The number of Topliss-reactive ketones (excluding diaryl/α,β-unsaturated/α-hetero) is 1. The maximum Gasteiger partial charge on any atom is 0.313 e. The fraction of sp³-hybridized carbons (Fsp3) is 0.414. The number of hydrogen-bond donors (Lipinski definition) is 4. The zero-order valence-corrected chi connectivity index (χ0v) is 24.0. The van der Waals surface area contributed by atoms with Crippen LogP contribution in [-0.4, -0.2) is 54.6 Å². The molecule has 1 heterocycles. The summed E-state index contributed by atoms with van der Waals surface area (Å²) in [5.41, 5.74) is 0.492. The Bertz CT molecular complexity index is 1430. The Kier molecular flexibility index (Phi) is 11.4. The van der Waals surface area contributed by atoms with Gasteiger partial charge in [-0.2, -0.15) is 8.78 Å². The maximum absolute atomic E-state index is 14.0. The molecule has 15 heteroatoms. The number of carbonyl (C=O) groups excluding carboxylic acids is 5. The first-order valence-electron chi connectivity index (χ1n) is 13.6. The van der Waals surface area contributed by atoms with Crippen molar-refractivity contribution < 1.29 is 50.7 Å². The Hall–Kier alpha value is -4.56. The van der Waals surface area contributed by atoms with Crippen LogP contribution >= 0.6 is 0 Å². The molecule has 1 aliphatic heterocycles. The molecule has 0 aromatic heterocycles. The van der Waals surface area contributed by atoms with E-state index in [-0.39, 0.29) is 30.5 Å². The molecule has 0 radical (unpaired) electrons. The zero-order valence-electron chi connectivity index (χ0n) is 24.0. The van der Waals surface area contributed by atoms with Crippen LogP contribution in [0.15, 0.2) is 24.3 Å². The normalized spacial score (nSPS) is 15.8. The number of amides is 4. The quantitative estimate of drug-likeness (QED) is 0.162. The highest BCUT2D eigenvalue weighted by Gasteiger charge is 2.34. The predicted octanol–water partition coefficient (Wildman–Crippen LogP) is 2.82. The van der Waals surface area contributed by atoms with Crippen LogP contribution in [0.3, 0.4) is 0 Å². The fourth-order valence-corrected chi connectivity index (χ4v) is 4.45. The van der Waals surface area contributed by atoms with Gasteiger partial charge < -0.3 is 26.0 Å². The first kappa shape index (κ1) is 33.9. The number of anilines is 1. The molecule has 4 amide bonds. The lowest BCUT2D eigenvalue weighted by molar-refractivity contribution is -0.138. The van der Waals surface area contributed by atoms with Crippen LogP contribution < -0.4 is 26.0 Å². The Morgan fingerprint density at radius 1 is 0.955 bits per heavy atom. The summed E-state index contributed by atoms with van der Waals surface area (Å²) >= 11 is 0. The minimum Gasteiger partial charge on any atom is -0.479 e. The highest BCUT2D eigenvalue weighted by molar-refractivity contribution is 6.40. The second-order valence-corrected chi connectivity index (χ2v) is 10.7. The number of rotatable bonds is 12. The molecule has 3 rings (SSSR count). The van der Waals surface area contributed by atoms with Crippen LogP contribution in [0, 0.1) is 47.8 Å². The lowest BCUT2D eigenvalue weighted by Crippen LogP contribution is -2.54. The molecule has 0 spiro atoms. The van der Waals surface area contributed by atoms with Gasteiger partial charge in [-0.25, -0.2) is 13.2 Å². The molecule has 1 fully saturated rings. The lowest BCUT2D eigenvalue weighted by atomic mass is 9.95. The van der Waals surface area contributed by atoms with Gasteiger partial charge in [-0.1, -0.05) is 19.9 Å². The minimum atomic E-state index is -1.88. The van der Waals surface area contributed by atoms with Crippen molar-refractivity contribution in [3.8, 4) is 5.75 Å². The molecule has 2 aromatic carbocycles. The van der Waals surface area contributed by atoms with E-state index in [4.69, 9.17) is 4.74 Å². The fourth-order valence-electron chi connectivity index (χ4n) is 4.45. The van der Waals surface area contributed by atoms with Gasteiger partial charge in [0.1, 0.15) is 18.5 Å². The molecule has 1 aliphatic rings. The van der Waals surface area contributed by atoms with E-state index in [1.54, 1.807) is 20.8 Å². The number of nitrogens with one attached hydrogen (secondary N) is 4. The molecule has 0 aliphatic carbocycles. The van der Waals surface area contributed by atoms with Crippen molar-refractivity contribution >= 4 is 35.1 Å². The van der Waals surface area contributed by atoms with Crippen LogP contribution in [-0.2, 0) is 24.0 Å². The summed E-state index contributed by atoms with van der Waals surface area (Å²) in [6, 6.07) is 0.640. The molecule has 10 nitrogen and oxygen atoms in total. The number of hydrogen-bond acceptors (Lipinski definition) is 6. The van der Waals surface area contributed by atoms with Crippen LogP contribution in [0.25, 0.3) is 0 Å². The van der Waals surface area contributed by atoms with Gasteiger partial charge in [0.25, 0.3) is 0 Å². The van der Waals surface area contributed by atoms with E-state index in [0.29, 0.717) is 18.5 Å². The van der Waals surface area contributed by atoms with Crippen LogP contribution in [0.1, 0.15) is 38.7 Å². The molecular weight excluding hydrogens is 595 g/mol. The van der Waals surface area contributed by atoms with E-state index in [1.165, 1.54) is 6.07 Å². The van der Waals surface area contributed by atoms with E-state index < -0.39 is 88.9 Å². The van der Waals surface area contributed by atoms with Gasteiger partial charge in [0.2, 0.25) is 23.4 Å². The lowest BCUT2D eigenvalue weighted by Gasteiger charge is -2.25. The number of halogens is 5. The minimum absolute atomic E-state index is 0.00976. The molecular formula is C29H31F5N4O6. The summed E-state index contributed by atoms with van der Waals surface area (Å²) in [5, 5.41) is 9.48. The van der Waals surface area contributed by atoms with Gasteiger partial charge in [-0.15, -0.1) is 0 Å². The SMILES string of the molecule is Cc1ccc(F)cc1NC(=O)C(=O)N[C@@H](CC(C)C)C(=O)N[C@@H](C[C@@H]1CCNC1=O)C(=O)COc1c(F)c(F)cc(F)c1F. The molecule has 0 bridgehead atoms. The third kappa shape index (κ3) is 8.74. The highest BCUT2D eigenvalue weighted by Crippen LogP contribution is 2.27. The van der Waals surface area contributed by atoms with Crippen molar-refractivity contribution in [1.29, 1.82) is 0 Å². The number of aryl methyl sites for hydroxylation is 1. The number of carbonyl (C=O) groups is 5.